The van der Waals surface area contributed by atoms with Crippen molar-refractivity contribution >= 4 is 12.0 Å². The summed E-state index contributed by atoms with van der Waals surface area (Å²) in [5.74, 6) is -0.449. The fourth-order valence-electron chi connectivity index (χ4n) is 3.61. The average Bonchev–Trinajstić information content (AvgIpc) is 3.32. The molecule has 2 atom stereocenters. The second-order valence-corrected chi connectivity index (χ2v) is 8.25. The number of benzene rings is 2. The highest BCUT2D eigenvalue weighted by Crippen LogP contribution is 2.41. The van der Waals surface area contributed by atoms with E-state index in [-0.39, 0.29) is 11.9 Å². The number of phenolic OH excluding ortho intramolecular Hbond substituents is 1. The lowest BCUT2D eigenvalue weighted by Gasteiger charge is -2.19. The number of aryl methyl sites for hydroxylation is 1. The molecule has 0 radical (unpaired) electrons. The van der Waals surface area contributed by atoms with E-state index >= 15 is 0 Å². The molecule has 6 heteroatoms. The van der Waals surface area contributed by atoms with Gasteiger partial charge in [0.15, 0.2) is 0 Å². The van der Waals surface area contributed by atoms with E-state index in [1.54, 1.807) is 0 Å². The summed E-state index contributed by atoms with van der Waals surface area (Å²) in [6.07, 6.45) is 4.46. The Balaban J connectivity index is 0.000000236. The number of aliphatic hydroxyl groups excluding tert-OH is 1. The highest BCUT2D eigenvalue weighted by Gasteiger charge is 2.23. The zero-order valence-corrected chi connectivity index (χ0v) is 16.8. The summed E-state index contributed by atoms with van der Waals surface area (Å²) >= 11 is 1.53. The molecule has 2 aromatic rings. The van der Waals surface area contributed by atoms with Gasteiger partial charge in [-0.3, -0.25) is 0 Å². The van der Waals surface area contributed by atoms with Crippen LogP contribution < -0.4 is 0 Å². The molecule has 1 saturated heterocycles. The lowest BCUT2D eigenvalue weighted by molar-refractivity contribution is 0.0835. The summed E-state index contributed by atoms with van der Waals surface area (Å²) in [5, 5.41) is 19.0. The number of nitrogens with zero attached hydrogens (tertiary/aromatic N) is 1. The summed E-state index contributed by atoms with van der Waals surface area (Å²) in [5.41, 5.74) is 2.86. The number of halogens is 1. The molecule has 1 aliphatic heterocycles. The Morgan fingerprint density at radius 1 is 1.14 bits per heavy atom. The first-order valence-electron chi connectivity index (χ1n) is 9.83. The number of phenols is 1. The van der Waals surface area contributed by atoms with Crippen LogP contribution in [0, 0.1) is 5.82 Å². The number of aromatic hydroxyl groups is 1. The maximum absolute atomic E-state index is 12.0. The van der Waals surface area contributed by atoms with Crippen LogP contribution in [0.4, 0.5) is 4.39 Å². The van der Waals surface area contributed by atoms with Crippen molar-refractivity contribution in [1.82, 2.24) is 4.90 Å². The van der Waals surface area contributed by atoms with E-state index in [1.165, 1.54) is 54.2 Å². The van der Waals surface area contributed by atoms with Crippen molar-refractivity contribution in [2.24, 2.45) is 0 Å². The van der Waals surface area contributed by atoms with E-state index in [9.17, 15) is 9.50 Å². The van der Waals surface area contributed by atoms with E-state index in [0.29, 0.717) is 11.9 Å². The minimum Gasteiger partial charge on any atom is -0.508 e. The second-order valence-electron chi connectivity index (χ2n) is 7.25. The molecule has 2 unspecified atom stereocenters. The van der Waals surface area contributed by atoms with Crippen molar-refractivity contribution in [3.8, 4) is 5.75 Å². The summed E-state index contributed by atoms with van der Waals surface area (Å²) in [4.78, 5) is 2.32. The van der Waals surface area contributed by atoms with Gasteiger partial charge in [-0.25, -0.2) is 4.39 Å². The number of hydrogen-bond donors (Lipinski definition) is 2. The van der Waals surface area contributed by atoms with E-state index in [0.717, 1.165) is 38.5 Å². The third kappa shape index (κ3) is 6.48. The van der Waals surface area contributed by atoms with E-state index in [1.807, 2.05) is 0 Å². The van der Waals surface area contributed by atoms with Gasteiger partial charge in [-0.1, -0.05) is 30.3 Å². The number of fused-ring (bicyclic) bond motifs is 1. The van der Waals surface area contributed by atoms with Crippen molar-refractivity contribution in [3.63, 3.8) is 0 Å². The van der Waals surface area contributed by atoms with Gasteiger partial charge in [0.1, 0.15) is 11.6 Å². The lowest BCUT2D eigenvalue weighted by atomic mass is 10.1. The smallest absolute Gasteiger partial charge is 0.126 e. The number of aliphatic hydroxyl groups is 1. The minimum absolute atomic E-state index is 0.0370. The molecule has 2 aliphatic rings. The summed E-state index contributed by atoms with van der Waals surface area (Å²) in [7, 11) is 0. The first-order chi connectivity index (χ1) is 13.6. The summed E-state index contributed by atoms with van der Waals surface area (Å²) in [6.45, 7) is 3.43. The molecule has 2 aromatic carbocycles. The quantitative estimate of drug-likeness (QED) is 0.701. The van der Waals surface area contributed by atoms with Gasteiger partial charge in [-0.2, -0.15) is 0 Å². The molecule has 0 amide bonds. The fourth-order valence-corrected chi connectivity index (χ4v) is 4.56. The SMILES string of the molecule is OC(COSC1CCc2ccccc21)CN1CCCC1.Oc1cccc(F)c1. The molecule has 1 fully saturated rings. The molecule has 0 bridgehead atoms. The molecule has 1 heterocycles. The standard InChI is InChI=1S/C16H23NO2S.C6H5FO/c18-14(11-17-9-3-4-10-17)12-19-20-16-8-7-13-5-1-2-6-15(13)16;7-5-2-1-3-6(8)4-5/h1-2,5-6,14,16,18H,3-4,7-12H2;1-4,8H. The van der Waals surface area contributed by atoms with Crippen LogP contribution >= 0.6 is 12.0 Å². The van der Waals surface area contributed by atoms with Gasteiger partial charge in [0.25, 0.3) is 0 Å². The van der Waals surface area contributed by atoms with Crippen LogP contribution in [-0.2, 0) is 10.6 Å². The topological polar surface area (TPSA) is 52.9 Å². The second kappa shape index (κ2) is 10.8. The van der Waals surface area contributed by atoms with Gasteiger partial charge in [-0.05, 0) is 74.1 Å². The maximum Gasteiger partial charge on any atom is 0.126 e. The highest BCUT2D eigenvalue weighted by molar-refractivity contribution is 7.94. The van der Waals surface area contributed by atoms with Gasteiger partial charge >= 0.3 is 0 Å². The van der Waals surface area contributed by atoms with Gasteiger partial charge in [-0.15, -0.1) is 0 Å². The highest BCUT2D eigenvalue weighted by atomic mass is 32.2. The van der Waals surface area contributed by atoms with Crippen molar-refractivity contribution in [1.29, 1.82) is 0 Å². The van der Waals surface area contributed by atoms with Crippen molar-refractivity contribution in [3.05, 3.63) is 65.5 Å². The van der Waals surface area contributed by atoms with Gasteiger partial charge in [0, 0.05) is 12.6 Å². The van der Waals surface area contributed by atoms with Gasteiger partial charge in [0.05, 0.1) is 18.0 Å². The van der Waals surface area contributed by atoms with Crippen molar-refractivity contribution < 1.29 is 18.8 Å². The Bertz CT molecular complexity index is 722. The Morgan fingerprint density at radius 3 is 2.64 bits per heavy atom. The normalized spacial score (nSPS) is 19.7. The third-order valence-corrected chi connectivity index (χ3v) is 5.99. The zero-order valence-electron chi connectivity index (χ0n) is 16.0. The lowest BCUT2D eigenvalue weighted by Crippen LogP contribution is -2.32. The molecule has 4 nitrogen and oxygen atoms in total. The van der Waals surface area contributed by atoms with Gasteiger partial charge < -0.3 is 19.3 Å². The molecular weight excluding hydrogens is 377 g/mol. The van der Waals surface area contributed by atoms with Crippen LogP contribution in [0.2, 0.25) is 0 Å². The Hall–Kier alpha value is -1.60. The predicted octanol–water partition coefficient (Wildman–Crippen LogP) is 4.33. The molecular formula is C22H28FNO3S. The van der Waals surface area contributed by atoms with Crippen LogP contribution in [0.15, 0.2) is 48.5 Å². The molecule has 1 aliphatic carbocycles. The average molecular weight is 406 g/mol. The van der Waals surface area contributed by atoms with Crippen LogP contribution in [0.1, 0.15) is 35.6 Å². The van der Waals surface area contributed by atoms with Gasteiger partial charge in [0.2, 0.25) is 0 Å². The Kier molecular flexibility index (Phi) is 8.15. The first-order valence-corrected chi connectivity index (χ1v) is 10.6. The zero-order chi connectivity index (χ0) is 19.8. The van der Waals surface area contributed by atoms with E-state index in [4.69, 9.17) is 9.29 Å². The summed E-state index contributed by atoms with van der Waals surface area (Å²) < 4.78 is 17.7. The fraction of sp³-hybridized carbons (Fsp3) is 0.455. The number of hydrogen-bond acceptors (Lipinski definition) is 5. The van der Waals surface area contributed by atoms with Crippen LogP contribution in [0.3, 0.4) is 0 Å². The van der Waals surface area contributed by atoms with Crippen LogP contribution in [-0.4, -0.2) is 47.5 Å². The summed E-state index contributed by atoms with van der Waals surface area (Å²) in [6, 6.07) is 13.8. The molecule has 0 spiro atoms. The Morgan fingerprint density at radius 2 is 1.93 bits per heavy atom. The first kappa shape index (κ1) is 21.1. The monoisotopic (exact) mass is 405 g/mol. The molecule has 0 aromatic heterocycles. The van der Waals surface area contributed by atoms with Crippen molar-refractivity contribution in [2.75, 3.05) is 26.2 Å². The molecule has 4 rings (SSSR count). The molecule has 0 saturated carbocycles. The van der Waals surface area contributed by atoms with Crippen LogP contribution in [0.25, 0.3) is 0 Å². The van der Waals surface area contributed by atoms with E-state index < -0.39 is 5.82 Å². The number of rotatable bonds is 6. The maximum atomic E-state index is 12.0. The Labute approximate surface area is 170 Å². The molecule has 2 N–H and O–H groups in total. The van der Waals surface area contributed by atoms with Crippen LogP contribution in [0.5, 0.6) is 5.75 Å². The number of β-amino-alcohol motifs (C(OH)–C–C–N with tert-alkyl or cyclic N) is 1. The van der Waals surface area contributed by atoms with E-state index in [2.05, 4.69) is 29.2 Å². The molecule has 28 heavy (non-hydrogen) atoms. The predicted molar refractivity (Wildman–Crippen MR) is 111 cm³/mol. The third-order valence-electron chi connectivity index (χ3n) is 5.00. The largest absolute Gasteiger partial charge is 0.508 e. The number of likely N-dealkylation sites (tertiary alicyclic amines) is 1. The van der Waals surface area contributed by atoms with Crippen molar-refractivity contribution in [2.45, 2.75) is 37.0 Å². The minimum atomic E-state index is -0.412. The molecule has 152 valence electrons.